The summed E-state index contributed by atoms with van der Waals surface area (Å²) in [7, 11) is 43.5. The lowest BCUT2D eigenvalue weighted by atomic mass is 9.17. The Morgan fingerprint density at radius 3 is 2.17 bits per heavy atom. The Bertz CT molecular complexity index is 1060. The van der Waals surface area contributed by atoms with E-state index in [1.54, 1.807) is 0 Å². The van der Waals surface area contributed by atoms with Crippen molar-refractivity contribution < 1.29 is 24.9 Å². The molecule has 0 aliphatic heterocycles. The van der Waals surface area contributed by atoms with Crippen LogP contribution in [0.4, 0.5) is 0 Å². The van der Waals surface area contributed by atoms with Crippen LogP contribution in [-0.4, -0.2) is 99.1 Å². The molecule has 6 nitrogen and oxygen atoms in total. The van der Waals surface area contributed by atoms with Crippen molar-refractivity contribution in [3.8, 4) is 0 Å². The molecule has 0 bridgehead atoms. The molecule has 4 saturated carbocycles. The monoisotopic (exact) mass is 547 g/mol. The Morgan fingerprint density at radius 2 is 1.61 bits per heavy atom. The standard InChI is InChI=1S/C28H40B7NO5/c1-5-14-20(38)19-16-8-7-15(13(2)6-9-18(37)36-27(33,34)22(39)40)23(16,3)11-10-17(19)24(4)12-25(29,30)28(35,41)26(31,32)21(14)24/h13-17,19-21,38,41H,5-12H2,1-4H3,(H,36,37)(H,39,40)/t13-,14+,15?,16?,17?,19?,20-,21+,23-,24-,28+/m1/s1. The van der Waals surface area contributed by atoms with E-state index in [4.69, 9.17) is 60.0 Å². The average Bonchev–Trinajstić information content (AvgIpc) is 3.19. The van der Waals surface area contributed by atoms with Gasteiger partial charge in [0, 0.05) is 11.9 Å². The van der Waals surface area contributed by atoms with Gasteiger partial charge in [-0.25, -0.2) is 0 Å². The fourth-order valence-corrected chi connectivity index (χ4v) is 10.5. The van der Waals surface area contributed by atoms with Gasteiger partial charge in [0.05, 0.1) is 42.8 Å². The molecule has 11 atom stereocenters. The fraction of sp³-hybridized carbons (Fsp3) is 0.929. The summed E-state index contributed by atoms with van der Waals surface area (Å²) in [6.45, 7) is 8.56. The van der Waals surface area contributed by atoms with Gasteiger partial charge in [-0.3, -0.25) is 9.59 Å². The molecule has 0 saturated heterocycles. The average molecular weight is 546 g/mol. The number of aliphatic hydroxyl groups is 2. The number of hydrogen-bond donors (Lipinski definition) is 4. The number of nitrogens with one attached hydrogen (secondary N) is 1. The highest BCUT2D eigenvalue weighted by Crippen LogP contribution is 2.75. The van der Waals surface area contributed by atoms with E-state index in [1.807, 2.05) is 6.92 Å². The van der Waals surface area contributed by atoms with Crippen molar-refractivity contribution in [3.05, 3.63) is 0 Å². The van der Waals surface area contributed by atoms with Crippen molar-refractivity contribution in [3.63, 3.8) is 0 Å². The lowest BCUT2D eigenvalue weighted by Crippen LogP contribution is -2.72. The molecule has 0 aromatic carbocycles. The zero-order valence-corrected chi connectivity index (χ0v) is 25.0. The summed E-state index contributed by atoms with van der Waals surface area (Å²) in [5.41, 5.74) is -2.85. The molecule has 41 heavy (non-hydrogen) atoms. The van der Waals surface area contributed by atoms with Crippen LogP contribution < -0.4 is 5.32 Å². The quantitative estimate of drug-likeness (QED) is 0.355. The van der Waals surface area contributed by atoms with Crippen molar-refractivity contribution in [1.82, 2.24) is 5.32 Å². The van der Waals surface area contributed by atoms with Crippen LogP contribution >= 0.6 is 0 Å². The summed E-state index contributed by atoms with van der Waals surface area (Å²) >= 11 is 0. The number of carbonyl (C=O) groups is 2. The molecule has 0 heterocycles. The van der Waals surface area contributed by atoms with Gasteiger partial charge in [0.2, 0.25) is 5.91 Å². The number of aliphatic hydroxyl groups excluding tert-OH is 1. The molecule has 4 unspecified atom stereocenters. The van der Waals surface area contributed by atoms with Gasteiger partial charge in [-0.1, -0.05) is 51.0 Å². The van der Waals surface area contributed by atoms with Crippen LogP contribution in [0.2, 0.25) is 10.4 Å². The van der Waals surface area contributed by atoms with Gasteiger partial charge in [-0.05, 0) is 84.4 Å². The van der Waals surface area contributed by atoms with Gasteiger partial charge in [-0.15, -0.1) is 0 Å². The molecule has 4 aliphatic rings. The van der Waals surface area contributed by atoms with E-state index in [0.717, 1.165) is 25.7 Å². The molecule has 4 fully saturated rings. The Balaban J connectivity index is 1.59. The van der Waals surface area contributed by atoms with Gasteiger partial charge in [0.15, 0.2) is 0 Å². The molecule has 4 aliphatic carbocycles. The van der Waals surface area contributed by atoms with Crippen LogP contribution in [0.5, 0.6) is 0 Å². The van der Waals surface area contributed by atoms with E-state index < -0.39 is 50.6 Å². The first-order chi connectivity index (χ1) is 18.6. The molecule has 208 valence electrons. The second kappa shape index (κ2) is 10.5. The summed E-state index contributed by atoms with van der Waals surface area (Å²) in [6, 6.07) is 0. The Labute approximate surface area is 255 Å². The van der Waals surface area contributed by atoms with Crippen molar-refractivity contribution in [2.24, 2.45) is 52.3 Å². The van der Waals surface area contributed by atoms with Gasteiger partial charge in [0.25, 0.3) is 0 Å². The zero-order valence-electron chi connectivity index (χ0n) is 25.0. The zero-order chi connectivity index (χ0) is 31.1. The first-order valence-corrected chi connectivity index (χ1v) is 15.1. The van der Waals surface area contributed by atoms with Gasteiger partial charge < -0.3 is 20.6 Å². The van der Waals surface area contributed by atoms with Crippen LogP contribution in [0.15, 0.2) is 0 Å². The van der Waals surface area contributed by atoms with Crippen molar-refractivity contribution in [2.75, 3.05) is 0 Å². The largest absolute Gasteiger partial charge is 0.481 e. The highest BCUT2D eigenvalue weighted by molar-refractivity contribution is 6.52. The van der Waals surface area contributed by atoms with E-state index >= 15 is 0 Å². The molecule has 4 N–H and O–H groups in total. The lowest BCUT2D eigenvalue weighted by molar-refractivity contribution is -0.214. The number of amides is 1. The first kappa shape index (κ1) is 33.2. The number of fused-ring (bicyclic) bond motifs is 5. The molecule has 0 spiro atoms. The lowest BCUT2D eigenvalue weighted by Gasteiger charge is -2.74. The molecule has 14 radical (unpaired) electrons. The summed E-state index contributed by atoms with van der Waals surface area (Å²) in [6.07, 6.45) is 4.46. The maximum atomic E-state index is 12.4. The van der Waals surface area contributed by atoms with E-state index in [2.05, 4.69) is 26.1 Å². The molecule has 13 heteroatoms. The van der Waals surface area contributed by atoms with Gasteiger partial charge in [-0.2, -0.15) is 0 Å². The molecule has 0 aromatic rings. The minimum atomic E-state index is -2.31. The van der Waals surface area contributed by atoms with Crippen LogP contribution in [0, 0.1) is 52.3 Å². The number of carboxylic acids is 1. The maximum absolute atomic E-state index is 12.4. The maximum Gasteiger partial charge on any atom is 0.310 e. The molecule has 4 rings (SSSR count). The minimum Gasteiger partial charge on any atom is -0.481 e. The number of hydrogen-bond acceptors (Lipinski definition) is 4. The third kappa shape index (κ3) is 4.84. The van der Waals surface area contributed by atoms with Crippen molar-refractivity contribution in [1.29, 1.82) is 0 Å². The van der Waals surface area contributed by atoms with Gasteiger partial charge >= 0.3 is 5.97 Å². The van der Waals surface area contributed by atoms with E-state index in [-0.39, 0.29) is 47.8 Å². The van der Waals surface area contributed by atoms with E-state index in [0.29, 0.717) is 18.8 Å². The topological polar surface area (TPSA) is 107 Å². The predicted molar refractivity (Wildman–Crippen MR) is 164 cm³/mol. The SMILES string of the molecule is [B]C([B])(NC(=O)CC[C@@H](C)C1CCC2C3C(CC[C@@]21C)[C@@]1(C)CC([B])([B])[C@]([B])(O)C([B])([B])[C@H]1[C@@H](CC)[C@H]3O)C(=O)O. The Hall–Kier alpha value is -0.685. The fourth-order valence-electron chi connectivity index (χ4n) is 10.5. The number of aliphatic carboxylic acids is 1. The third-order valence-electron chi connectivity index (χ3n) is 12.5. The van der Waals surface area contributed by atoms with Crippen molar-refractivity contribution in [2.45, 2.75) is 106 Å². The second-order valence-corrected chi connectivity index (χ2v) is 14.7. The Morgan fingerprint density at radius 1 is 1.02 bits per heavy atom. The number of carbonyl (C=O) groups excluding carboxylic acids is 1. The van der Waals surface area contributed by atoms with Gasteiger partial charge in [0.1, 0.15) is 23.5 Å². The molecular formula is C28H40B7NO5. The number of rotatable bonds is 7. The first-order valence-electron chi connectivity index (χ1n) is 15.1. The van der Waals surface area contributed by atoms with Crippen LogP contribution in [-0.2, 0) is 9.59 Å². The van der Waals surface area contributed by atoms with Crippen LogP contribution in [0.25, 0.3) is 0 Å². The molecule has 0 aromatic heterocycles. The normalized spacial score (nSPS) is 45.5. The third-order valence-corrected chi connectivity index (χ3v) is 12.5. The molecular weight excluding hydrogens is 506 g/mol. The van der Waals surface area contributed by atoms with Crippen molar-refractivity contribution >= 4 is 66.8 Å². The smallest absolute Gasteiger partial charge is 0.310 e. The second-order valence-electron chi connectivity index (χ2n) is 14.7. The summed E-state index contributed by atoms with van der Waals surface area (Å²) in [5.74, 6) is -2.08. The summed E-state index contributed by atoms with van der Waals surface area (Å²) in [5, 5.41) is 28.8. The highest BCUT2D eigenvalue weighted by Gasteiger charge is 2.71. The highest BCUT2D eigenvalue weighted by atomic mass is 16.4. The minimum absolute atomic E-state index is 0.0262. The molecule has 1 amide bonds. The van der Waals surface area contributed by atoms with E-state index in [1.165, 1.54) is 0 Å². The van der Waals surface area contributed by atoms with E-state index in [9.17, 15) is 19.8 Å². The number of carboxylic acid groups (broad SMARTS) is 1. The van der Waals surface area contributed by atoms with Crippen LogP contribution in [0.3, 0.4) is 0 Å². The van der Waals surface area contributed by atoms with Crippen LogP contribution in [0.1, 0.15) is 79.1 Å². The summed E-state index contributed by atoms with van der Waals surface area (Å²) in [4.78, 5) is 23.6. The predicted octanol–water partition coefficient (Wildman–Crippen LogP) is 0.843. The Kier molecular flexibility index (Phi) is 8.47. The summed E-state index contributed by atoms with van der Waals surface area (Å²) < 4.78 is 0.